The average molecular weight is 485 g/mol. The average Bonchev–Trinajstić information content (AvgIpc) is 3.08. The molecule has 0 amide bonds. The first kappa shape index (κ1) is 26.7. The fraction of sp³-hybridized carbons (Fsp3) is 0.774. The summed E-state index contributed by atoms with van der Waals surface area (Å²) in [6.45, 7) is 15.9. The number of aliphatic hydroxyl groups excluding tert-OH is 2. The maximum absolute atomic E-state index is 11.8. The van der Waals surface area contributed by atoms with Crippen LogP contribution in [0.5, 0.6) is 0 Å². The van der Waals surface area contributed by atoms with Gasteiger partial charge in [-0.1, -0.05) is 53.2 Å². The zero-order chi connectivity index (χ0) is 26.0. The molecule has 0 aliphatic heterocycles. The largest absolute Gasteiger partial charge is 0.466 e. The number of hydrogen-bond acceptors (Lipinski definition) is 4. The molecule has 0 aromatic heterocycles. The maximum Gasteiger partial charge on any atom is 0.333 e. The summed E-state index contributed by atoms with van der Waals surface area (Å²) in [5.41, 5.74) is 5.67. The van der Waals surface area contributed by atoms with Gasteiger partial charge in [-0.3, -0.25) is 0 Å². The van der Waals surface area contributed by atoms with Gasteiger partial charge < -0.3 is 14.9 Å². The summed E-state index contributed by atoms with van der Waals surface area (Å²) in [4.78, 5) is 11.8. The Kier molecular flexibility index (Phi) is 6.76. The van der Waals surface area contributed by atoms with Crippen LogP contribution in [0.15, 0.2) is 34.4 Å². The third-order valence-corrected chi connectivity index (χ3v) is 11.6. The van der Waals surface area contributed by atoms with E-state index in [1.165, 1.54) is 7.11 Å². The van der Waals surface area contributed by atoms with E-state index in [0.717, 1.165) is 44.9 Å². The minimum atomic E-state index is -0.655. The molecule has 4 nitrogen and oxygen atoms in total. The minimum Gasteiger partial charge on any atom is -0.466 e. The number of rotatable bonds is 5. The summed E-state index contributed by atoms with van der Waals surface area (Å²) in [6, 6.07) is 0. The molecule has 196 valence electrons. The third kappa shape index (κ3) is 3.89. The first-order valence-electron chi connectivity index (χ1n) is 13.8. The number of ether oxygens (including phenoxy) is 1. The Hall–Kier alpha value is -1.39. The van der Waals surface area contributed by atoms with Crippen LogP contribution in [0.3, 0.4) is 0 Å². The highest BCUT2D eigenvalue weighted by molar-refractivity contribution is 5.87. The zero-order valence-corrected chi connectivity index (χ0v) is 23.3. The monoisotopic (exact) mass is 484 g/mol. The lowest BCUT2D eigenvalue weighted by atomic mass is 9.45. The second-order valence-electron chi connectivity index (χ2n) is 13.5. The molecule has 0 aromatic rings. The van der Waals surface area contributed by atoms with Gasteiger partial charge >= 0.3 is 5.97 Å². The van der Waals surface area contributed by atoms with Crippen molar-refractivity contribution in [2.75, 3.05) is 7.11 Å². The molecular weight excluding hydrogens is 436 g/mol. The number of aliphatic hydroxyl groups is 2. The van der Waals surface area contributed by atoms with Gasteiger partial charge in [-0.05, 0) is 109 Å². The molecule has 0 bridgehead atoms. The Morgan fingerprint density at radius 1 is 1.17 bits per heavy atom. The van der Waals surface area contributed by atoms with Gasteiger partial charge in [0.25, 0.3) is 0 Å². The normalized spacial score (nSPS) is 40.3. The predicted molar refractivity (Wildman–Crippen MR) is 141 cm³/mol. The molecule has 4 aliphatic rings. The molecule has 0 spiro atoms. The summed E-state index contributed by atoms with van der Waals surface area (Å²) in [6.07, 6.45) is 11.6. The fourth-order valence-electron chi connectivity index (χ4n) is 8.88. The summed E-state index contributed by atoms with van der Waals surface area (Å²) in [5, 5.41) is 21.6. The Morgan fingerprint density at radius 2 is 1.86 bits per heavy atom. The van der Waals surface area contributed by atoms with Crippen molar-refractivity contribution >= 4 is 5.97 Å². The van der Waals surface area contributed by atoms with Crippen LogP contribution in [-0.4, -0.2) is 35.5 Å². The Morgan fingerprint density at radius 3 is 2.51 bits per heavy atom. The standard InChI is InChI=1S/C31H48O4/c1-19(27(34)35-8)17-21(32)18-20(2)30(6)15-12-24-22-9-10-25-28(3,4)26(33)13-14-29(25,5)23(22)11-16-31(24,30)7/h12,17,20-21,25-26,32-33H,9-11,13-16,18H2,1-8H3/b19-17-/t20-,21+,25+,26-,29-,30+,31-/m1/s1. The maximum atomic E-state index is 11.8. The van der Waals surface area contributed by atoms with E-state index in [1.54, 1.807) is 29.7 Å². The van der Waals surface area contributed by atoms with Crippen LogP contribution in [0.4, 0.5) is 0 Å². The summed E-state index contributed by atoms with van der Waals surface area (Å²) in [7, 11) is 1.37. The van der Waals surface area contributed by atoms with Crippen LogP contribution in [0, 0.1) is 33.5 Å². The van der Waals surface area contributed by atoms with Crippen LogP contribution >= 0.6 is 0 Å². The van der Waals surface area contributed by atoms with Crippen LogP contribution in [0.2, 0.25) is 0 Å². The van der Waals surface area contributed by atoms with Gasteiger partial charge in [0.15, 0.2) is 0 Å². The van der Waals surface area contributed by atoms with Gasteiger partial charge in [-0.15, -0.1) is 0 Å². The fourth-order valence-corrected chi connectivity index (χ4v) is 8.88. The molecule has 4 rings (SSSR count). The number of esters is 1. The highest BCUT2D eigenvalue weighted by Crippen LogP contribution is 2.69. The third-order valence-electron chi connectivity index (χ3n) is 11.6. The molecule has 35 heavy (non-hydrogen) atoms. The second-order valence-corrected chi connectivity index (χ2v) is 13.5. The zero-order valence-electron chi connectivity index (χ0n) is 23.3. The number of carbonyl (C=O) groups is 1. The Bertz CT molecular complexity index is 970. The highest BCUT2D eigenvalue weighted by Gasteiger charge is 2.60. The van der Waals surface area contributed by atoms with Gasteiger partial charge in [0, 0.05) is 5.57 Å². The molecule has 0 unspecified atom stereocenters. The Balaban J connectivity index is 1.60. The summed E-state index contributed by atoms with van der Waals surface area (Å²) < 4.78 is 4.79. The second kappa shape index (κ2) is 8.87. The van der Waals surface area contributed by atoms with Gasteiger partial charge in [0.05, 0.1) is 19.3 Å². The predicted octanol–water partition coefficient (Wildman–Crippen LogP) is 6.52. The first-order chi connectivity index (χ1) is 16.2. The molecule has 0 radical (unpaired) electrons. The van der Waals surface area contributed by atoms with Gasteiger partial charge in [-0.25, -0.2) is 4.79 Å². The molecule has 0 heterocycles. The number of methoxy groups -OCH3 is 1. The van der Waals surface area contributed by atoms with E-state index in [1.807, 2.05) is 0 Å². The van der Waals surface area contributed by atoms with E-state index in [2.05, 4.69) is 47.6 Å². The van der Waals surface area contributed by atoms with Crippen molar-refractivity contribution in [3.63, 3.8) is 0 Å². The van der Waals surface area contributed by atoms with Gasteiger partial charge in [-0.2, -0.15) is 0 Å². The van der Waals surface area contributed by atoms with Crippen molar-refractivity contribution < 1.29 is 19.7 Å². The van der Waals surface area contributed by atoms with Crippen LogP contribution < -0.4 is 0 Å². The minimum absolute atomic E-state index is 0.0364. The molecule has 2 N–H and O–H groups in total. The van der Waals surface area contributed by atoms with E-state index in [4.69, 9.17) is 4.74 Å². The van der Waals surface area contributed by atoms with Crippen molar-refractivity contribution in [2.45, 2.75) is 112 Å². The lowest BCUT2D eigenvalue weighted by Crippen LogP contribution is -2.53. The van der Waals surface area contributed by atoms with E-state index >= 15 is 0 Å². The van der Waals surface area contributed by atoms with Crippen molar-refractivity contribution in [3.8, 4) is 0 Å². The number of allylic oxidation sites excluding steroid dienone is 4. The molecule has 0 saturated heterocycles. The SMILES string of the molecule is COC(=O)/C(C)=C\[C@H](O)C[C@@H](C)[C@]1(C)CC=C2C3=C(CC[C@]21C)[C@@]1(C)CC[C@@H](O)C(C)(C)[C@@H]1CC3. The molecular formula is C31H48O4. The van der Waals surface area contributed by atoms with Crippen LogP contribution in [0.25, 0.3) is 0 Å². The highest BCUT2D eigenvalue weighted by atomic mass is 16.5. The summed E-state index contributed by atoms with van der Waals surface area (Å²) in [5.74, 6) is 0.457. The van der Waals surface area contributed by atoms with Gasteiger partial charge in [0.1, 0.15) is 0 Å². The molecule has 7 atom stereocenters. The van der Waals surface area contributed by atoms with E-state index < -0.39 is 6.10 Å². The quantitative estimate of drug-likeness (QED) is 0.344. The first-order valence-corrected chi connectivity index (χ1v) is 13.8. The molecule has 1 saturated carbocycles. The van der Waals surface area contributed by atoms with Crippen molar-refractivity contribution in [2.24, 2.45) is 33.5 Å². The lowest BCUT2D eigenvalue weighted by molar-refractivity contribution is -0.136. The molecule has 0 aromatic carbocycles. The summed E-state index contributed by atoms with van der Waals surface area (Å²) >= 11 is 0. The molecule has 4 aliphatic carbocycles. The molecule has 4 heteroatoms. The Labute approximate surface area is 212 Å². The number of hydrogen-bond donors (Lipinski definition) is 2. The van der Waals surface area contributed by atoms with E-state index in [0.29, 0.717) is 23.8 Å². The lowest BCUT2D eigenvalue weighted by Gasteiger charge is -2.60. The van der Waals surface area contributed by atoms with Crippen molar-refractivity contribution in [3.05, 3.63) is 34.4 Å². The van der Waals surface area contributed by atoms with Gasteiger partial charge in [0.2, 0.25) is 0 Å². The van der Waals surface area contributed by atoms with E-state index in [9.17, 15) is 15.0 Å². The van der Waals surface area contributed by atoms with Crippen molar-refractivity contribution in [1.29, 1.82) is 0 Å². The molecule has 1 fully saturated rings. The van der Waals surface area contributed by atoms with Crippen LogP contribution in [0.1, 0.15) is 99.8 Å². The topological polar surface area (TPSA) is 66.8 Å². The number of fused-ring (bicyclic) bond motifs is 4. The van der Waals surface area contributed by atoms with Crippen molar-refractivity contribution in [1.82, 2.24) is 0 Å². The smallest absolute Gasteiger partial charge is 0.333 e. The van der Waals surface area contributed by atoms with E-state index in [-0.39, 0.29) is 33.7 Å². The number of carbonyl (C=O) groups excluding carboxylic acids is 1. The van der Waals surface area contributed by atoms with Crippen LogP contribution in [-0.2, 0) is 9.53 Å².